The number of rotatable bonds is 10. The fourth-order valence-electron chi connectivity index (χ4n) is 2.77. The Hall–Kier alpha value is -3.28. The minimum atomic E-state index is -0.877. The number of phenols is 1. The van der Waals surface area contributed by atoms with Crippen molar-refractivity contribution in [1.29, 1.82) is 0 Å². The highest BCUT2D eigenvalue weighted by Crippen LogP contribution is 2.19. The molecule has 0 fully saturated rings. The number of benzene rings is 1. The summed E-state index contributed by atoms with van der Waals surface area (Å²) < 4.78 is 4.78. The van der Waals surface area contributed by atoms with E-state index in [2.05, 4.69) is 20.9 Å². The number of amides is 2. The Kier molecular flexibility index (Phi) is 8.31. The van der Waals surface area contributed by atoms with Gasteiger partial charge in [0.2, 0.25) is 5.91 Å². The Labute approximate surface area is 192 Å². The number of hydrogen-bond donors (Lipinski definition) is 4. The maximum absolute atomic E-state index is 12.6. The number of aromatic hydroxyl groups is 1. The van der Waals surface area contributed by atoms with E-state index in [1.165, 1.54) is 25.4 Å². The highest BCUT2D eigenvalue weighted by molar-refractivity contribution is 7.17. The summed E-state index contributed by atoms with van der Waals surface area (Å²) in [6, 6.07) is 9.42. The van der Waals surface area contributed by atoms with Crippen LogP contribution in [0, 0.1) is 0 Å². The molecule has 4 N–H and O–H groups in total. The molecule has 2 aromatic heterocycles. The number of hydrogen-bond acceptors (Lipinski definition) is 9. The number of phenolic OH excluding ortho intramolecular Hbond substituents is 1. The van der Waals surface area contributed by atoms with Gasteiger partial charge < -0.3 is 25.8 Å². The second-order valence-electron chi connectivity index (χ2n) is 6.68. The average molecular weight is 475 g/mol. The minimum Gasteiger partial charge on any atom is -0.508 e. The number of esters is 1. The molecule has 11 heteroatoms. The zero-order valence-electron chi connectivity index (χ0n) is 17.2. The summed E-state index contributed by atoms with van der Waals surface area (Å²) in [4.78, 5) is 42.2. The number of carbonyl (C=O) groups excluding carboxylic acids is 3. The fraction of sp³-hybridized carbons (Fsp3) is 0.238. The molecule has 0 spiro atoms. The molecule has 0 aliphatic heterocycles. The van der Waals surface area contributed by atoms with Crippen LogP contribution in [0.4, 0.5) is 5.13 Å². The Morgan fingerprint density at radius 2 is 2.06 bits per heavy atom. The molecule has 2 heterocycles. The van der Waals surface area contributed by atoms with Gasteiger partial charge in [-0.2, -0.15) is 0 Å². The molecule has 3 aromatic rings. The number of ether oxygens (including phenoxy) is 1. The molecule has 0 aliphatic rings. The Bertz CT molecular complexity index is 1070. The average Bonchev–Trinajstić information content (AvgIpc) is 3.44. The lowest BCUT2D eigenvalue weighted by atomic mass is 10.1. The number of methoxy groups -OCH3 is 1. The quantitative estimate of drug-likeness (QED) is 0.331. The lowest BCUT2D eigenvalue weighted by molar-refractivity contribution is -0.142. The second-order valence-corrected chi connectivity index (χ2v) is 8.75. The number of nitrogens with zero attached hydrogens (tertiary/aromatic N) is 1. The van der Waals surface area contributed by atoms with Crippen LogP contribution in [-0.4, -0.2) is 47.6 Å². The number of carbonyl (C=O) groups is 3. The van der Waals surface area contributed by atoms with Crippen molar-refractivity contribution in [3.05, 3.63) is 63.3 Å². The molecule has 0 aliphatic carbocycles. The second kappa shape index (κ2) is 11.4. The minimum absolute atomic E-state index is 0.0514. The largest absolute Gasteiger partial charge is 0.508 e. The van der Waals surface area contributed by atoms with Crippen LogP contribution in [0.1, 0.15) is 20.1 Å². The summed E-state index contributed by atoms with van der Waals surface area (Å²) in [6.07, 6.45) is 1.38. The predicted molar refractivity (Wildman–Crippen MR) is 122 cm³/mol. The third-order valence-electron chi connectivity index (χ3n) is 4.27. The standard InChI is InChI=1S/C21H22N4O5S2/c1-30-20(29)16(11-22-10-15-6-3-7-31-15)24-19(28)17-12-23-21(32-17)25-18(27)9-13-4-2-5-14(26)8-13/h2-8,12,16,22,26H,9-11H2,1H3,(H,24,28)(H,23,25,27). The third-order valence-corrected chi connectivity index (χ3v) is 6.06. The maximum atomic E-state index is 12.6. The van der Waals surface area contributed by atoms with Crippen LogP contribution in [0.15, 0.2) is 48.0 Å². The SMILES string of the molecule is COC(=O)C(CNCc1cccs1)NC(=O)c1cnc(NC(=O)Cc2cccc(O)c2)s1. The molecule has 1 atom stereocenters. The van der Waals surface area contributed by atoms with Gasteiger partial charge in [-0.3, -0.25) is 9.59 Å². The van der Waals surface area contributed by atoms with Crippen molar-refractivity contribution in [3.8, 4) is 5.75 Å². The van der Waals surface area contributed by atoms with Gasteiger partial charge in [0.15, 0.2) is 5.13 Å². The normalized spacial score (nSPS) is 11.5. The zero-order chi connectivity index (χ0) is 22.9. The smallest absolute Gasteiger partial charge is 0.329 e. The number of thiophene rings is 1. The Morgan fingerprint density at radius 1 is 1.22 bits per heavy atom. The van der Waals surface area contributed by atoms with E-state index >= 15 is 0 Å². The molecule has 0 saturated heterocycles. The number of anilines is 1. The van der Waals surface area contributed by atoms with Crippen molar-refractivity contribution in [2.75, 3.05) is 19.0 Å². The van der Waals surface area contributed by atoms with Crippen LogP contribution in [0.25, 0.3) is 0 Å². The van der Waals surface area contributed by atoms with E-state index in [-0.39, 0.29) is 34.6 Å². The molecular formula is C21H22N4O5S2. The molecule has 32 heavy (non-hydrogen) atoms. The lowest BCUT2D eigenvalue weighted by Crippen LogP contribution is -2.47. The molecule has 2 amide bonds. The number of thiazole rings is 1. The molecule has 1 unspecified atom stereocenters. The Balaban J connectivity index is 1.54. The highest BCUT2D eigenvalue weighted by Gasteiger charge is 2.23. The lowest BCUT2D eigenvalue weighted by Gasteiger charge is -2.16. The first kappa shape index (κ1) is 23.4. The summed E-state index contributed by atoms with van der Waals surface area (Å²) >= 11 is 2.58. The van der Waals surface area contributed by atoms with E-state index in [1.54, 1.807) is 23.5 Å². The molecular weight excluding hydrogens is 452 g/mol. The summed E-state index contributed by atoms with van der Waals surface area (Å²) in [5.74, 6) is -1.32. The number of aromatic nitrogens is 1. The van der Waals surface area contributed by atoms with Gasteiger partial charge in [-0.05, 0) is 29.1 Å². The van der Waals surface area contributed by atoms with Crippen molar-refractivity contribution in [2.24, 2.45) is 0 Å². The third kappa shape index (κ3) is 6.87. The first-order chi connectivity index (χ1) is 15.4. The van der Waals surface area contributed by atoms with Crippen LogP contribution in [0.2, 0.25) is 0 Å². The van der Waals surface area contributed by atoms with Gasteiger partial charge in [0, 0.05) is 18.0 Å². The van der Waals surface area contributed by atoms with E-state index < -0.39 is 17.9 Å². The van der Waals surface area contributed by atoms with Crippen molar-refractivity contribution >= 4 is 45.6 Å². The van der Waals surface area contributed by atoms with Crippen LogP contribution in [0.5, 0.6) is 5.75 Å². The van der Waals surface area contributed by atoms with Crippen molar-refractivity contribution < 1.29 is 24.2 Å². The molecule has 168 valence electrons. The summed E-state index contributed by atoms with van der Waals surface area (Å²) in [7, 11) is 1.26. The van der Waals surface area contributed by atoms with Gasteiger partial charge in [-0.25, -0.2) is 9.78 Å². The maximum Gasteiger partial charge on any atom is 0.329 e. The monoisotopic (exact) mass is 474 g/mol. The van der Waals surface area contributed by atoms with E-state index in [9.17, 15) is 19.5 Å². The molecule has 9 nitrogen and oxygen atoms in total. The van der Waals surface area contributed by atoms with Crippen LogP contribution in [-0.2, 0) is 27.3 Å². The van der Waals surface area contributed by atoms with Crippen molar-refractivity contribution in [1.82, 2.24) is 15.6 Å². The first-order valence-electron chi connectivity index (χ1n) is 9.60. The Morgan fingerprint density at radius 3 is 2.78 bits per heavy atom. The van der Waals surface area contributed by atoms with Gasteiger partial charge in [-0.15, -0.1) is 11.3 Å². The summed E-state index contributed by atoms with van der Waals surface area (Å²) in [5.41, 5.74) is 0.646. The molecule has 0 radical (unpaired) electrons. The van der Waals surface area contributed by atoms with E-state index in [0.717, 1.165) is 16.2 Å². The van der Waals surface area contributed by atoms with Gasteiger partial charge >= 0.3 is 5.97 Å². The van der Waals surface area contributed by atoms with Gasteiger partial charge in [0.05, 0.1) is 19.7 Å². The summed E-state index contributed by atoms with van der Waals surface area (Å²) in [5, 5.41) is 20.1. The van der Waals surface area contributed by atoms with Crippen molar-refractivity contribution in [3.63, 3.8) is 0 Å². The van der Waals surface area contributed by atoms with Gasteiger partial charge in [-0.1, -0.05) is 29.5 Å². The van der Waals surface area contributed by atoms with Crippen LogP contribution in [0.3, 0.4) is 0 Å². The highest BCUT2D eigenvalue weighted by atomic mass is 32.1. The fourth-order valence-corrected chi connectivity index (χ4v) is 4.18. The van der Waals surface area contributed by atoms with Crippen LogP contribution < -0.4 is 16.0 Å². The topological polar surface area (TPSA) is 130 Å². The summed E-state index contributed by atoms with van der Waals surface area (Å²) in [6.45, 7) is 0.763. The molecule has 0 saturated carbocycles. The first-order valence-corrected chi connectivity index (χ1v) is 11.3. The van der Waals surface area contributed by atoms with E-state index in [4.69, 9.17) is 4.74 Å². The van der Waals surface area contributed by atoms with Gasteiger partial charge in [0.1, 0.15) is 16.7 Å². The zero-order valence-corrected chi connectivity index (χ0v) is 18.8. The number of nitrogens with one attached hydrogen (secondary N) is 3. The van der Waals surface area contributed by atoms with E-state index in [0.29, 0.717) is 12.1 Å². The predicted octanol–water partition coefficient (Wildman–Crippen LogP) is 2.15. The van der Waals surface area contributed by atoms with E-state index in [1.807, 2.05) is 17.5 Å². The van der Waals surface area contributed by atoms with Gasteiger partial charge in [0.25, 0.3) is 5.91 Å². The molecule has 1 aromatic carbocycles. The van der Waals surface area contributed by atoms with Crippen LogP contribution >= 0.6 is 22.7 Å². The van der Waals surface area contributed by atoms with Crippen molar-refractivity contribution in [2.45, 2.75) is 19.0 Å². The molecule has 0 bridgehead atoms. The molecule has 3 rings (SSSR count).